The number of carbonyl (C=O) groups is 1. The van der Waals surface area contributed by atoms with Crippen molar-refractivity contribution in [2.45, 2.75) is 13.3 Å². The SMILES string of the molecule is CCc1cc2c(cc1C(=O)C[N+](C)(C)C)OCCO2.[I-]. The minimum absolute atomic E-state index is 0. The van der Waals surface area contributed by atoms with E-state index in [2.05, 4.69) is 0 Å². The number of hydrogen-bond donors (Lipinski definition) is 0. The van der Waals surface area contributed by atoms with Crippen molar-refractivity contribution >= 4 is 5.78 Å². The van der Waals surface area contributed by atoms with Gasteiger partial charge in [-0.3, -0.25) is 4.79 Å². The Morgan fingerprint density at radius 2 is 1.70 bits per heavy atom. The molecule has 20 heavy (non-hydrogen) atoms. The smallest absolute Gasteiger partial charge is 0.217 e. The second kappa shape index (κ2) is 6.76. The highest BCUT2D eigenvalue weighted by Crippen LogP contribution is 2.33. The third kappa shape index (κ3) is 4.09. The van der Waals surface area contributed by atoms with Crippen molar-refractivity contribution in [2.75, 3.05) is 40.9 Å². The van der Waals surface area contributed by atoms with E-state index >= 15 is 0 Å². The number of aryl methyl sites for hydroxylation is 1. The molecule has 0 aromatic heterocycles. The number of ketones is 1. The van der Waals surface area contributed by atoms with Crippen LogP contribution in [0.4, 0.5) is 0 Å². The van der Waals surface area contributed by atoms with Gasteiger partial charge in [0.1, 0.15) is 19.8 Å². The number of ether oxygens (including phenoxy) is 2. The van der Waals surface area contributed by atoms with Crippen LogP contribution in [0.5, 0.6) is 11.5 Å². The van der Waals surface area contributed by atoms with E-state index in [9.17, 15) is 4.79 Å². The standard InChI is InChI=1S/C15H22NO3.HI/c1-5-11-8-14-15(19-7-6-18-14)9-12(11)13(17)10-16(2,3)4;/h8-9H,5-7,10H2,1-4H3;1H/q+1;/p-1. The molecule has 1 aromatic rings. The molecular weight excluding hydrogens is 369 g/mol. The molecule has 0 aliphatic carbocycles. The van der Waals surface area contributed by atoms with Gasteiger partial charge in [-0.15, -0.1) is 0 Å². The normalized spacial score (nSPS) is 13.6. The second-order valence-electron chi connectivity index (χ2n) is 5.88. The largest absolute Gasteiger partial charge is 1.00 e. The summed E-state index contributed by atoms with van der Waals surface area (Å²) in [6.07, 6.45) is 0.814. The number of benzene rings is 1. The maximum atomic E-state index is 12.4. The molecule has 0 radical (unpaired) electrons. The number of rotatable bonds is 4. The first kappa shape index (κ1) is 17.2. The Labute approximate surface area is 137 Å². The second-order valence-corrected chi connectivity index (χ2v) is 5.88. The zero-order valence-corrected chi connectivity index (χ0v) is 14.7. The minimum atomic E-state index is 0. The Balaban J connectivity index is 0.00000200. The zero-order valence-electron chi connectivity index (χ0n) is 12.5. The number of carbonyl (C=O) groups excluding carboxylic acids is 1. The van der Waals surface area contributed by atoms with Gasteiger partial charge in [0.15, 0.2) is 11.5 Å². The van der Waals surface area contributed by atoms with Crippen LogP contribution in [0.25, 0.3) is 0 Å². The van der Waals surface area contributed by atoms with Gasteiger partial charge in [-0.1, -0.05) is 6.92 Å². The lowest BCUT2D eigenvalue weighted by atomic mass is 9.99. The molecule has 112 valence electrons. The highest BCUT2D eigenvalue weighted by Gasteiger charge is 2.22. The Hall–Kier alpha value is -0.820. The van der Waals surface area contributed by atoms with Crippen LogP contribution >= 0.6 is 0 Å². The lowest BCUT2D eigenvalue weighted by Crippen LogP contribution is -3.00. The van der Waals surface area contributed by atoms with E-state index in [4.69, 9.17) is 9.47 Å². The molecule has 1 aliphatic heterocycles. The number of hydrogen-bond acceptors (Lipinski definition) is 3. The molecule has 2 rings (SSSR count). The van der Waals surface area contributed by atoms with Crippen molar-refractivity contribution in [3.63, 3.8) is 0 Å². The number of halogens is 1. The monoisotopic (exact) mass is 391 g/mol. The summed E-state index contributed by atoms with van der Waals surface area (Å²) < 4.78 is 11.7. The summed E-state index contributed by atoms with van der Waals surface area (Å²) in [6, 6.07) is 3.78. The molecule has 0 spiro atoms. The Kier molecular flexibility index (Phi) is 5.82. The Bertz CT molecular complexity index is 495. The number of nitrogens with zero attached hydrogens (tertiary/aromatic N) is 1. The third-order valence-corrected chi connectivity index (χ3v) is 3.07. The summed E-state index contributed by atoms with van der Waals surface area (Å²) in [5, 5.41) is 0. The molecule has 0 saturated heterocycles. The van der Waals surface area contributed by atoms with Crippen LogP contribution in [0.3, 0.4) is 0 Å². The maximum Gasteiger partial charge on any atom is 0.217 e. The van der Waals surface area contributed by atoms with Crippen molar-refractivity contribution in [2.24, 2.45) is 0 Å². The van der Waals surface area contributed by atoms with Gasteiger partial charge in [-0.05, 0) is 24.1 Å². The van der Waals surface area contributed by atoms with Gasteiger partial charge in [-0.25, -0.2) is 0 Å². The van der Waals surface area contributed by atoms with Crippen molar-refractivity contribution in [1.29, 1.82) is 0 Å². The summed E-state index contributed by atoms with van der Waals surface area (Å²) >= 11 is 0. The van der Waals surface area contributed by atoms with E-state index in [0.29, 0.717) is 30.0 Å². The van der Waals surface area contributed by atoms with Gasteiger partial charge >= 0.3 is 0 Å². The molecule has 4 nitrogen and oxygen atoms in total. The first-order valence-corrected chi connectivity index (χ1v) is 6.67. The van der Waals surface area contributed by atoms with Crippen LogP contribution in [0.1, 0.15) is 22.8 Å². The maximum absolute atomic E-state index is 12.4. The topological polar surface area (TPSA) is 35.5 Å². The fraction of sp³-hybridized carbons (Fsp3) is 0.533. The molecule has 5 heteroatoms. The molecule has 0 atom stereocenters. The van der Waals surface area contributed by atoms with E-state index < -0.39 is 0 Å². The predicted octanol–water partition coefficient (Wildman–Crippen LogP) is -1.09. The molecular formula is C15H22INO3. The molecule has 0 fully saturated rings. The van der Waals surface area contributed by atoms with Crippen molar-refractivity contribution in [3.8, 4) is 11.5 Å². The number of Topliss-reactive ketones (excluding diaryl/α,β-unsaturated/α-hetero) is 1. The van der Waals surface area contributed by atoms with Crippen molar-refractivity contribution < 1.29 is 42.7 Å². The van der Waals surface area contributed by atoms with Crippen molar-refractivity contribution in [1.82, 2.24) is 0 Å². The average molecular weight is 391 g/mol. The molecule has 1 heterocycles. The predicted molar refractivity (Wildman–Crippen MR) is 74.0 cm³/mol. The van der Waals surface area contributed by atoms with Crippen LogP contribution in [0, 0.1) is 0 Å². The fourth-order valence-corrected chi connectivity index (χ4v) is 2.20. The molecule has 0 amide bonds. The van der Waals surface area contributed by atoms with E-state index in [-0.39, 0.29) is 29.8 Å². The summed E-state index contributed by atoms with van der Waals surface area (Å²) in [5.74, 6) is 1.60. The van der Waals surface area contributed by atoms with Crippen molar-refractivity contribution in [3.05, 3.63) is 23.3 Å². The highest BCUT2D eigenvalue weighted by atomic mass is 127. The first-order chi connectivity index (χ1) is 8.90. The van der Waals surface area contributed by atoms with Crippen LogP contribution in [-0.2, 0) is 6.42 Å². The van der Waals surface area contributed by atoms with E-state index in [0.717, 1.165) is 23.3 Å². The molecule has 0 unspecified atom stereocenters. The highest BCUT2D eigenvalue weighted by molar-refractivity contribution is 5.99. The Morgan fingerprint density at radius 1 is 1.15 bits per heavy atom. The summed E-state index contributed by atoms with van der Waals surface area (Å²) in [4.78, 5) is 12.4. The van der Waals surface area contributed by atoms with Gasteiger partial charge in [0.05, 0.1) is 21.1 Å². The van der Waals surface area contributed by atoms with Gasteiger partial charge < -0.3 is 37.9 Å². The summed E-state index contributed by atoms with van der Waals surface area (Å²) in [6.45, 7) is 3.64. The quantitative estimate of drug-likeness (QED) is 0.372. The molecule has 0 saturated carbocycles. The fourth-order valence-electron chi connectivity index (χ4n) is 2.20. The van der Waals surface area contributed by atoms with E-state index in [1.54, 1.807) is 0 Å². The van der Waals surface area contributed by atoms with Gasteiger partial charge in [0.25, 0.3) is 0 Å². The van der Waals surface area contributed by atoms with Gasteiger partial charge in [-0.2, -0.15) is 0 Å². The Morgan fingerprint density at radius 3 is 2.20 bits per heavy atom. The first-order valence-electron chi connectivity index (χ1n) is 6.67. The minimum Gasteiger partial charge on any atom is -1.00 e. The number of fused-ring (bicyclic) bond motifs is 1. The lowest BCUT2D eigenvalue weighted by Gasteiger charge is -2.24. The third-order valence-electron chi connectivity index (χ3n) is 3.07. The molecule has 1 aliphatic rings. The van der Waals surface area contributed by atoms with Crippen LogP contribution in [0.2, 0.25) is 0 Å². The van der Waals surface area contributed by atoms with E-state index in [1.165, 1.54) is 0 Å². The van der Waals surface area contributed by atoms with Crippen LogP contribution in [0.15, 0.2) is 12.1 Å². The average Bonchev–Trinajstić information content (AvgIpc) is 2.35. The molecule has 0 bridgehead atoms. The van der Waals surface area contributed by atoms with E-state index in [1.807, 2.05) is 40.2 Å². The van der Waals surface area contributed by atoms with Gasteiger partial charge in [0.2, 0.25) is 5.78 Å². The zero-order chi connectivity index (χ0) is 14.0. The van der Waals surface area contributed by atoms with Gasteiger partial charge in [0, 0.05) is 5.56 Å². The van der Waals surface area contributed by atoms with Crippen LogP contribution < -0.4 is 33.5 Å². The summed E-state index contributed by atoms with van der Waals surface area (Å²) in [7, 11) is 6.05. The number of quaternary nitrogens is 1. The number of likely N-dealkylation sites (N-methyl/N-ethyl adjacent to an activating group) is 1. The van der Waals surface area contributed by atoms with Crippen LogP contribution in [-0.4, -0.2) is 51.2 Å². The summed E-state index contributed by atoms with van der Waals surface area (Å²) in [5.41, 5.74) is 1.79. The lowest BCUT2D eigenvalue weighted by molar-refractivity contribution is -0.861. The molecule has 0 N–H and O–H groups in total. The molecule has 1 aromatic carbocycles.